The number of aryl methyl sites for hydroxylation is 1. The van der Waals surface area contributed by atoms with Crippen LogP contribution in [0.4, 0.5) is 0 Å². The van der Waals surface area contributed by atoms with Gasteiger partial charge < -0.3 is 4.42 Å². The van der Waals surface area contributed by atoms with Gasteiger partial charge in [-0.3, -0.25) is 9.35 Å². The Morgan fingerprint density at radius 3 is 2.68 bits per heavy atom. The van der Waals surface area contributed by atoms with E-state index < -0.39 is 21.1 Å². The van der Waals surface area contributed by atoms with Crippen molar-refractivity contribution in [3.8, 4) is 0 Å². The smallest absolute Gasteiger partial charge is 0.328 e. The van der Waals surface area contributed by atoms with Crippen LogP contribution in [0.25, 0.3) is 0 Å². The predicted octanol–water partition coefficient (Wildman–Crippen LogP) is 2.25. The van der Waals surface area contributed by atoms with Gasteiger partial charge in [0.15, 0.2) is 0 Å². The SMILES string of the molecule is Cc1ccc(C(=O)NN=Cc2ccc(S(=O)(=O)O)o2)cc1Cl. The summed E-state index contributed by atoms with van der Waals surface area (Å²) in [6.07, 6.45) is 1.10. The molecular formula is C13H11ClN2O5S. The van der Waals surface area contributed by atoms with Crippen LogP contribution in [0.2, 0.25) is 5.02 Å². The first-order valence-electron chi connectivity index (χ1n) is 5.94. The van der Waals surface area contributed by atoms with Crippen molar-refractivity contribution in [2.75, 3.05) is 0 Å². The molecular weight excluding hydrogens is 332 g/mol. The van der Waals surface area contributed by atoms with Crippen LogP contribution in [-0.4, -0.2) is 25.1 Å². The Morgan fingerprint density at radius 2 is 2.09 bits per heavy atom. The molecule has 2 N–H and O–H groups in total. The number of nitrogens with one attached hydrogen (secondary N) is 1. The lowest BCUT2D eigenvalue weighted by Gasteiger charge is -2.02. The van der Waals surface area contributed by atoms with Gasteiger partial charge in [-0.15, -0.1) is 0 Å². The van der Waals surface area contributed by atoms with Crippen LogP contribution in [0.3, 0.4) is 0 Å². The summed E-state index contributed by atoms with van der Waals surface area (Å²) in [7, 11) is -4.41. The van der Waals surface area contributed by atoms with Crippen molar-refractivity contribution >= 4 is 33.8 Å². The number of furan rings is 1. The summed E-state index contributed by atoms with van der Waals surface area (Å²) in [6, 6.07) is 7.14. The number of rotatable bonds is 4. The number of benzene rings is 1. The molecule has 0 atom stereocenters. The largest absolute Gasteiger partial charge is 0.441 e. The lowest BCUT2D eigenvalue weighted by molar-refractivity contribution is 0.0955. The van der Waals surface area contributed by atoms with Gasteiger partial charge in [0.25, 0.3) is 5.91 Å². The fraction of sp³-hybridized carbons (Fsp3) is 0.0769. The van der Waals surface area contributed by atoms with Gasteiger partial charge in [-0.25, -0.2) is 5.43 Å². The van der Waals surface area contributed by atoms with Crippen molar-refractivity contribution in [1.82, 2.24) is 5.43 Å². The zero-order valence-electron chi connectivity index (χ0n) is 11.3. The molecule has 0 fully saturated rings. The average Bonchev–Trinajstić information content (AvgIpc) is 2.90. The molecule has 1 amide bonds. The number of halogens is 1. The Hall–Kier alpha value is -2.16. The Balaban J connectivity index is 2.04. The van der Waals surface area contributed by atoms with Gasteiger partial charge in [0, 0.05) is 10.6 Å². The van der Waals surface area contributed by atoms with E-state index in [4.69, 9.17) is 20.6 Å². The monoisotopic (exact) mass is 342 g/mol. The van der Waals surface area contributed by atoms with Crippen molar-refractivity contribution in [3.05, 3.63) is 52.2 Å². The Labute approximate surface area is 131 Å². The van der Waals surface area contributed by atoms with Gasteiger partial charge in [0.2, 0.25) is 5.09 Å². The normalized spacial score (nSPS) is 11.8. The summed E-state index contributed by atoms with van der Waals surface area (Å²) >= 11 is 5.92. The van der Waals surface area contributed by atoms with E-state index in [1.54, 1.807) is 12.1 Å². The molecule has 7 nitrogen and oxygen atoms in total. The van der Waals surface area contributed by atoms with E-state index in [9.17, 15) is 13.2 Å². The maximum Gasteiger partial charge on any atom is 0.328 e. The van der Waals surface area contributed by atoms with Gasteiger partial charge in [-0.05, 0) is 36.8 Å². The molecule has 0 spiro atoms. The third-order valence-electron chi connectivity index (χ3n) is 2.65. The minimum Gasteiger partial charge on any atom is -0.441 e. The number of carbonyl (C=O) groups excluding carboxylic acids is 1. The second-order valence-corrected chi connectivity index (χ2v) is 6.05. The van der Waals surface area contributed by atoms with E-state index in [0.29, 0.717) is 10.6 Å². The molecule has 0 saturated heterocycles. The van der Waals surface area contributed by atoms with Gasteiger partial charge in [-0.1, -0.05) is 17.7 Å². The number of nitrogens with zero attached hydrogens (tertiary/aromatic N) is 1. The van der Waals surface area contributed by atoms with Crippen LogP contribution in [0.5, 0.6) is 0 Å². The number of hydrogen-bond acceptors (Lipinski definition) is 5. The molecule has 1 aromatic carbocycles. The molecule has 0 bridgehead atoms. The third kappa shape index (κ3) is 3.94. The Kier molecular flexibility index (Phi) is 4.65. The molecule has 0 saturated carbocycles. The van der Waals surface area contributed by atoms with E-state index in [-0.39, 0.29) is 5.76 Å². The number of carbonyl (C=O) groups is 1. The van der Waals surface area contributed by atoms with Crippen LogP contribution >= 0.6 is 11.6 Å². The maximum atomic E-state index is 11.8. The summed E-state index contributed by atoms with van der Waals surface area (Å²) in [4.78, 5) is 11.8. The highest BCUT2D eigenvalue weighted by molar-refractivity contribution is 7.85. The van der Waals surface area contributed by atoms with Crippen LogP contribution in [0.1, 0.15) is 21.7 Å². The molecule has 22 heavy (non-hydrogen) atoms. The van der Waals surface area contributed by atoms with Crippen molar-refractivity contribution in [3.63, 3.8) is 0 Å². The van der Waals surface area contributed by atoms with Crippen LogP contribution in [0, 0.1) is 6.92 Å². The zero-order chi connectivity index (χ0) is 16.3. The zero-order valence-corrected chi connectivity index (χ0v) is 12.9. The van der Waals surface area contributed by atoms with E-state index in [0.717, 1.165) is 17.8 Å². The molecule has 0 aliphatic heterocycles. The molecule has 2 rings (SSSR count). The summed E-state index contributed by atoms with van der Waals surface area (Å²) in [5.74, 6) is -0.436. The Morgan fingerprint density at radius 1 is 1.36 bits per heavy atom. The first-order valence-corrected chi connectivity index (χ1v) is 7.76. The topological polar surface area (TPSA) is 109 Å². The molecule has 0 radical (unpaired) electrons. The van der Waals surface area contributed by atoms with E-state index >= 15 is 0 Å². The lowest BCUT2D eigenvalue weighted by atomic mass is 10.1. The van der Waals surface area contributed by atoms with Crippen molar-refractivity contribution in [2.45, 2.75) is 12.0 Å². The summed E-state index contributed by atoms with van der Waals surface area (Å²) in [6.45, 7) is 1.81. The molecule has 116 valence electrons. The molecule has 1 aromatic heterocycles. The minimum absolute atomic E-state index is 0.0508. The van der Waals surface area contributed by atoms with Crippen LogP contribution in [-0.2, 0) is 10.1 Å². The van der Waals surface area contributed by atoms with E-state index in [2.05, 4.69) is 10.5 Å². The van der Waals surface area contributed by atoms with Gasteiger partial charge >= 0.3 is 10.1 Å². The first kappa shape index (κ1) is 16.2. The van der Waals surface area contributed by atoms with Gasteiger partial charge in [0.1, 0.15) is 5.76 Å². The van der Waals surface area contributed by atoms with Crippen molar-refractivity contribution in [2.24, 2.45) is 5.10 Å². The molecule has 0 aliphatic rings. The van der Waals surface area contributed by atoms with Crippen molar-refractivity contribution < 1.29 is 22.2 Å². The molecule has 1 heterocycles. The number of amides is 1. The van der Waals surface area contributed by atoms with Gasteiger partial charge in [-0.2, -0.15) is 13.5 Å². The van der Waals surface area contributed by atoms with E-state index in [1.807, 2.05) is 6.92 Å². The van der Waals surface area contributed by atoms with E-state index in [1.165, 1.54) is 12.1 Å². The molecule has 0 unspecified atom stereocenters. The standard InChI is InChI=1S/C13H11ClN2O5S/c1-8-2-3-9(6-11(8)14)13(17)16-15-7-10-4-5-12(21-10)22(18,19)20/h2-7H,1H3,(H,16,17)(H,18,19,20). The highest BCUT2D eigenvalue weighted by Crippen LogP contribution is 2.16. The number of hydrazone groups is 1. The average molecular weight is 343 g/mol. The second-order valence-electron chi connectivity index (χ2n) is 4.29. The van der Waals surface area contributed by atoms with Crippen LogP contribution in [0.15, 0.2) is 44.9 Å². The van der Waals surface area contributed by atoms with Crippen LogP contribution < -0.4 is 5.43 Å². The highest BCUT2D eigenvalue weighted by Gasteiger charge is 2.14. The fourth-order valence-electron chi connectivity index (χ4n) is 1.50. The first-order chi connectivity index (χ1) is 10.3. The second kappa shape index (κ2) is 6.30. The quantitative estimate of drug-likeness (QED) is 0.503. The molecule has 2 aromatic rings. The molecule has 9 heteroatoms. The predicted molar refractivity (Wildman–Crippen MR) is 79.8 cm³/mol. The van der Waals surface area contributed by atoms with Gasteiger partial charge in [0.05, 0.1) is 6.21 Å². The molecule has 0 aliphatic carbocycles. The maximum absolute atomic E-state index is 11.8. The number of hydrogen-bond donors (Lipinski definition) is 2. The highest BCUT2D eigenvalue weighted by atomic mass is 35.5. The summed E-state index contributed by atoms with van der Waals surface area (Å²) in [5, 5.41) is 3.48. The Bertz CT molecular complexity index is 842. The minimum atomic E-state index is -4.41. The van der Waals surface area contributed by atoms with Crippen molar-refractivity contribution in [1.29, 1.82) is 0 Å². The summed E-state index contributed by atoms with van der Waals surface area (Å²) in [5.41, 5.74) is 3.41. The third-order valence-corrected chi connectivity index (χ3v) is 3.78. The fourth-order valence-corrected chi connectivity index (χ4v) is 2.12. The lowest BCUT2D eigenvalue weighted by Crippen LogP contribution is -2.17. The summed E-state index contributed by atoms with van der Waals surface area (Å²) < 4.78 is 35.2.